The lowest BCUT2D eigenvalue weighted by Gasteiger charge is -2.38. The van der Waals surface area contributed by atoms with E-state index in [1.807, 2.05) is 91.0 Å². The second-order valence-corrected chi connectivity index (χ2v) is 8.80. The summed E-state index contributed by atoms with van der Waals surface area (Å²) in [5.74, 6) is -2.21. The van der Waals surface area contributed by atoms with Crippen LogP contribution in [0.2, 0.25) is 0 Å². The molecule has 0 radical (unpaired) electrons. The van der Waals surface area contributed by atoms with E-state index in [0.29, 0.717) is 13.0 Å². The zero-order chi connectivity index (χ0) is 27.3. The second-order valence-electron chi connectivity index (χ2n) is 8.80. The summed E-state index contributed by atoms with van der Waals surface area (Å²) in [6, 6.07) is 26.6. The first-order chi connectivity index (χ1) is 18.4. The van der Waals surface area contributed by atoms with Crippen molar-refractivity contribution in [2.45, 2.75) is 31.3 Å². The maximum atomic E-state index is 14.1. The molecule has 0 spiro atoms. The van der Waals surface area contributed by atoms with Crippen molar-refractivity contribution in [3.63, 3.8) is 0 Å². The van der Waals surface area contributed by atoms with Gasteiger partial charge in [0.25, 0.3) is 0 Å². The van der Waals surface area contributed by atoms with Crippen LogP contribution in [0.1, 0.15) is 35.6 Å². The zero-order valence-corrected chi connectivity index (χ0v) is 21.0. The number of carbonyl (C=O) groups is 3. The Kier molecular flexibility index (Phi) is 10.4. The molecule has 1 atom stereocenters. The van der Waals surface area contributed by atoms with Crippen molar-refractivity contribution < 1.29 is 19.5 Å². The molecule has 2 amide bonds. The highest BCUT2D eigenvalue weighted by molar-refractivity contribution is 5.90. The van der Waals surface area contributed by atoms with Gasteiger partial charge in [0, 0.05) is 6.54 Å². The Morgan fingerprint density at radius 2 is 1.37 bits per heavy atom. The van der Waals surface area contributed by atoms with Gasteiger partial charge in [-0.1, -0.05) is 91.0 Å². The SMILES string of the molecule is N=C(N)NCCC[C@H](C(=O)NCC(=O)O)N(C(=O)Cc1ccccc1)C(c1ccccc1)c1ccccc1. The topological polar surface area (TPSA) is 149 Å². The van der Waals surface area contributed by atoms with Crippen LogP contribution in [0.25, 0.3) is 0 Å². The molecule has 0 bridgehead atoms. The molecule has 0 aliphatic rings. The van der Waals surface area contributed by atoms with Gasteiger partial charge in [-0.05, 0) is 29.5 Å². The number of benzene rings is 3. The minimum absolute atomic E-state index is 0.0609. The van der Waals surface area contributed by atoms with Gasteiger partial charge in [0.1, 0.15) is 12.6 Å². The summed E-state index contributed by atoms with van der Waals surface area (Å²) in [6.07, 6.45) is 0.698. The van der Waals surface area contributed by atoms with Gasteiger partial charge in [0.05, 0.1) is 12.5 Å². The fourth-order valence-electron chi connectivity index (χ4n) is 4.34. The van der Waals surface area contributed by atoms with E-state index in [1.54, 1.807) is 4.90 Å². The van der Waals surface area contributed by atoms with Gasteiger partial charge in [0.15, 0.2) is 5.96 Å². The van der Waals surface area contributed by atoms with Crippen LogP contribution < -0.4 is 16.4 Å². The average Bonchev–Trinajstić information content (AvgIpc) is 2.92. The normalized spacial score (nSPS) is 11.4. The molecule has 3 rings (SSSR count). The number of carbonyl (C=O) groups excluding carboxylic acids is 2. The summed E-state index contributed by atoms with van der Waals surface area (Å²) < 4.78 is 0. The lowest BCUT2D eigenvalue weighted by Crippen LogP contribution is -2.52. The molecule has 0 unspecified atom stereocenters. The summed E-state index contributed by atoms with van der Waals surface area (Å²) in [6.45, 7) is -0.247. The molecule has 9 nitrogen and oxygen atoms in total. The highest BCUT2D eigenvalue weighted by Crippen LogP contribution is 2.32. The van der Waals surface area contributed by atoms with E-state index in [9.17, 15) is 19.5 Å². The first-order valence-corrected chi connectivity index (χ1v) is 12.4. The molecular weight excluding hydrogens is 482 g/mol. The summed E-state index contributed by atoms with van der Waals surface area (Å²) in [5.41, 5.74) is 7.84. The highest BCUT2D eigenvalue weighted by Gasteiger charge is 2.36. The Bertz CT molecular complexity index is 1170. The third kappa shape index (κ3) is 8.19. The predicted octanol–water partition coefficient (Wildman–Crippen LogP) is 2.68. The Labute approximate surface area is 222 Å². The number of hydrogen-bond donors (Lipinski definition) is 5. The Hall–Kier alpha value is -4.66. The van der Waals surface area contributed by atoms with Crippen molar-refractivity contribution in [1.82, 2.24) is 15.5 Å². The van der Waals surface area contributed by atoms with Crippen LogP contribution in [-0.2, 0) is 20.8 Å². The van der Waals surface area contributed by atoms with E-state index in [4.69, 9.17) is 11.1 Å². The molecule has 0 heterocycles. The number of carboxylic acids is 1. The molecule has 0 saturated heterocycles. The summed E-state index contributed by atoms with van der Waals surface area (Å²) in [5, 5.41) is 21.8. The van der Waals surface area contributed by atoms with Crippen LogP contribution in [-0.4, -0.2) is 52.9 Å². The number of guanidine groups is 1. The standard InChI is InChI=1S/C29H33N5O4/c30-29(31)32-18-10-17-24(28(38)33-20-26(36)37)34(25(35)19-21-11-4-1-5-12-21)27(22-13-6-2-7-14-22)23-15-8-3-9-16-23/h1-9,11-16,24,27H,10,17-20H2,(H,33,38)(H,36,37)(H4,30,31,32)/t24-/m1/s1. The number of nitrogens with two attached hydrogens (primary N) is 1. The maximum absolute atomic E-state index is 14.1. The molecule has 0 aromatic heterocycles. The lowest BCUT2D eigenvalue weighted by atomic mass is 9.93. The van der Waals surface area contributed by atoms with E-state index in [1.165, 1.54) is 0 Å². The molecule has 0 saturated carbocycles. The number of aliphatic carboxylic acids is 1. The van der Waals surface area contributed by atoms with Gasteiger partial charge in [-0.2, -0.15) is 0 Å². The zero-order valence-electron chi connectivity index (χ0n) is 21.0. The van der Waals surface area contributed by atoms with E-state index in [2.05, 4.69) is 10.6 Å². The first-order valence-electron chi connectivity index (χ1n) is 12.4. The van der Waals surface area contributed by atoms with Crippen LogP contribution >= 0.6 is 0 Å². The van der Waals surface area contributed by atoms with Gasteiger partial charge in [-0.15, -0.1) is 0 Å². The molecule has 0 fully saturated rings. The summed E-state index contributed by atoms with van der Waals surface area (Å²) in [7, 11) is 0. The Balaban J connectivity index is 2.09. The fraction of sp³-hybridized carbons (Fsp3) is 0.241. The van der Waals surface area contributed by atoms with Gasteiger partial charge in [0.2, 0.25) is 11.8 Å². The molecule has 3 aromatic carbocycles. The number of nitrogens with one attached hydrogen (secondary N) is 3. The van der Waals surface area contributed by atoms with E-state index in [0.717, 1.165) is 16.7 Å². The minimum atomic E-state index is -1.18. The fourth-order valence-corrected chi connectivity index (χ4v) is 4.34. The molecular formula is C29H33N5O4. The summed E-state index contributed by atoms with van der Waals surface area (Å²) in [4.78, 5) is 40.4. The maximum Gasteiger partial charge on any atom is 0.322 e. The Morgan fingerprint density at radius 1 is 0.842 bits per heavy atom. The van der Waals surface area contributed by atoms with Crippen LogP contribution in [0.3, 0.4) is 0 Å². The number of carboxylic acid groups (broad SMARTS) is 1. The van der Waals surface area contributed by atoms with E-state index >= 15 is 0 Å². The molecule has 198 valence electrons. The third-order valence-corrected chi connectivity index (χ3v) is 6.02. The smallest absolute Gasteiger partial charge is 0.322 e. The highest BCUT2D eigenvalue weighted by atomic mass is 16.4. The van der Waals surface area contributed by atoms with Gasteiger partial charge >= 0.3 is 5.97 Å². The Morgan fingerprint density at radius 3 is 1.87 bits per heavy atom. The molecule has 0 aliphatic carbocycles. The van der Waals surface area contributed by atoms with Crippen molar-refractivity contribution in [3.05, 3.63) is 108 Å². The number of nitrogens with zero attached hydrogens (tertiary/aromatic N) is 1. The van der Waals surface area contributed by atoms with Crippen molar-refractivity contribution in [2.75, 3.05) is 13.1 Å². The molecule has 3 aromatic rings. The van der Waals surface area contributed by atoms with Gasteiger partial charge in [-0.3, -0.25) is 19.8 Å². The van der Waals surface area contributed by atoms with Gasteiger partial charge in [-0.25, -0.2) is 0 Å². The van der Waals surface area contributed by atoms with Crippen LogP contribution in [0, 0.1) is 5.41 Å². The van der Waals surface area contributed by atoms with Crippen molar-refractivity contribution in [1.29, 1.82) is 5.41 Å². The van der Waals surface area contributed by atoms with Crippen molar-refractivity contribution in [3.8, 4) is 0 Å². The molecule has 38 heavy (non-hydrogen) atoms. The molecule has 6 N–H and O–H groups in total. The first kappa shape index (κ1) is 27.9. The largest absolute Gasteiger partial charge is 0.480 e. The van der Waals surface area contributed by atoms with Crippen molar-refractivity contribution in [2.24, 2.45) is 5.73 Å². The number of rotatable bonds is 13. The molecule has 0 aliphatic heterocycles. The van der Waals surface area contributed by atoms with Crippen LogP contribution in [0.15, 0.2) is 91.0 Å². The average molecular weight is 516 g/mol. The second kappa shape index (κ2) is 14.2. The number of hydrogen-bond acceptors (Lipinski definition) is 4. The monoisotopic (exact) mass is 515 g/mol. The molecule has 9 heteroatoms. The lowest BCUT2D eigenvalue weighted by molar-refractivity contribution is -0.143. The van der Waals surface area contributed by atoms with Gasteiger partial charge < -0.3 is 26.4 Å². The predicted molar refractivity (Wildman–Crippen MR) is 145 cm³/mol. The third-order valence-electron chi connectivity index (χ3n) is 6.02. The minimum Gasteiger partial charge on any atom is -0.480 e. The van der Waals surface area contributed by atoms with Crippen LogP contribution in [0.5, 0.6) is 0 Å². The number of amides is 2. The van der Waals surface area contributed by atoms with E-state index < -0.39 is 30.5 Å². The van der Waals surface area contributed by atoms with E-state index in [-0.39, 0.29) is 24.7 Å². The van der Waals surface area contributed by atoms with Crippen LogP contribution in [0.4, 0.5) is 0 Å². The summed E-state index contributed by atoms with van der Waals surface area (Å²) >= 11 is 0. The van der Waals surface area contributed by atoms with Crippen molar-refractivity contribution >= 4 is 23.7 Å². The quantitative estimate of drug-likeness (QED) is 0.134.